The molecule has 0 saturated heterocycles. The van der Waals surface area contributed by atoms with Crippen LogP contribution in [0.5, 0.6) is 5.75 Å². The molecule has 0 bridgehead atoms. The van der Waals surface area contributed by atoms with Gasteiger partial charge in [0.05, 0.1) is 11.1 Å². The average Bonchev–Trinajstić information content (AvgIpc) is 2.68. The molecule has 0 saturated carbocycles. The molecule has 0 fully saturated rings. The van der Waals surface area contributed by atoms with Gasteiger partial charge in [-0.15, -0.1) is 0 Å². The third-order valence-electron chi connectivity index (χ3n) is 2.86. The molecule has 1 heterocycles. The highest BCUT2D eigenvalue weighted by molar-refractivity contribution is 9.10. The molecule has 0 spiro atoms. The molecule has 1 aromatic heterocycles. The minimum atomic E-state index is 0.650. The molecule has 2 aromatic rings. The summed E-state index contributed by atoms with van der Waals surface area (Å²) in [6.07, 6.45) is 1.74. The van der Waals surface area contributed by atoms with Crippen molar-refractivity contribution in [1.82, 2.24) is 14.8 Å². The summed E-state index contributed by atoms with van der Waals surface area (Å²) < 4.78 is 9.27. The zero-order chi connectivity index (χ0) is 13.8. The Hall–Kier alpha value is -1.14. The maximum atomic E-state index is 5.74. The standard InChI is InChI=1S/C13H16BrN3OS/c1-9-5-6-11(10(14)8-9)18-7-3-4-12-15-16-13(19)17(12)2/h5-6,8H,3-4,7H2,1-2H3,(H,16,19). The predicted molar refractivity (Wildman–Crippen MR) is 81.1 cm³/mol. The van der Waals surface area contributed by atoms with E-state index in [0.29, 0.717) is 11.4 Å². The Morgan fingerprint density at radius 2 is 2.26 bits per heavy atom. The molecule has 0 amide bonds. The Kier molecular flexibility index (Phi) is 4.76. The lowest BCUT2D eigenvalue weighted by atomic mass is 10.2. The zero-order valence-corrected chi connectivity index (χ0v) is 13.3. The molecular formula is C13H16BrN3OS. The van der Waals surface area contributed by atoms with E-state index in [9.17, 15) is 0 Å². The predicted octanol–water partition coefficient (Wildman–Crippen LogP) is 3.56. The van der Waals surface area contributed by atoms with Gasteiger partial charge < -0.3 is 9.30 Å². The number of ether oxygens (including phenoxy) is 1. The molecule has 4 nitrogen and oxygen atoms in total. The van der Waals surface area contributed by atoms with Gasteiger partial charge in [-0.05, 0) is 59.2 Å². The van der Waals surface area contributed by atoms with Crippen molar-refractivity contribution in [3.8, 4) is 5.75 Å². The van der Waals surface area contributed by atoms with Gasteiger partial charge in [0.25, 0.3) is 0 Å². The van der Waals surface area contributed by atoms with Crippen LogP contribution in [0.2, 0.25) is 0 Å². The second-order valence-electron chi connectivity index (χ2n) is 4.39. The van der Waals surface area contributed by atoms with Gasteiger partial charge in [0, 0.05) is 13.5 Å². The largest absolute Gasteiger partial charge is 0.492 e. The molecule has 19 heavy (non-hydrogen) atoms. The fraction of sp³-hybridized carbons (Fsp3) is 0.385. The van der Waals surface area contributed by atoms with Gasteiger partial charge in [0.15, 0.2) is 4.77 Å². The van der Waals surface area contributed by atoms with Crippen LogP contribution in [0.1, 0.15) is 17.8 Å². The zero-order valence-electron chi connectivity index (χ0n) is 10.9. The van der Waals surface area contributed by atoms with Gasteiger partial charge in [0.1, 0.15) is 11.6 Å². The molecule has 0 aliphatic rings. The van der Waals surface area contributed by atoms with Gasteiger partial charge in [-0.25, -0.2) is 0 Å². The average molecular weight is 342 g/mol. The first-order chi connectivity index (χ1) is 9.08. The molecular weight excluding hydrogens is 326 g/mol. The van der Waals surface area contributed by atoms with Crippen LogP contribution in [-0.2, 0) is 13.5 Å². The van der Waals surface area contributed by atoms with E-state index in [0.717, 1.165) is 28.9 Å². The first-order valence-corrected chi connectivity index (χ1v) is 7.27. The number of rotatable bonds is 5. The summed E-state index contributed by atoms with van der Waals surface area (Å²) in [5.41, 5.74) is 1.21. The fourth-order valence-electron chi connectivity index (χ4n) is 1.74. The summed E-state index contributed by atoms with van der Waals surface area (Å²) in [5, 5.41) is 6.95. The Balaban J connectivity index is 1.84. The Morgan fingerprint density at radius 3 is 2.89 bits per heavy atom. The Bertz CT molecular complexity index is 621. The van der Waals surface area contributed by atoms with Crippen molar-refractivity contribution in [2.75, 3.05) is 6.61 Å². The lowest BCUT2D eigenvalue weighted by Gasteiger charge is -2.08. The van der Waals surface area contributed by atoms with Crippen molar-refractivity contribution in [1.29, 1.82) is 0 Å². The number of hydrogen-bond acceptors (Lipinski definition) is 3. The van der Waals surface area contributed by atoms with Crippen molar-refractivity contribution >= 4 is 28.1 Å². The molecule has 102 valence electrons. The third kappa shape index (κ3) is 3.67. The Labute approximate surface area is 125 Å². The summed E-state index contributed by atoms with van der Waals surface area (Å²) in [7, 11) is 1.92. The van der Waals surface area contributed by atoms with E-state index in [4.69, 9.17) is 17.0 Å². The molecule has 0 aliphatic carbocycles. The van der Waals surface area contributed by atoms with Crippen molar-refractivity contribution in [3.63, 3.8) is 0 Å². The number of halogens is 1. The molecule has 1 N–H and O–H groups in total. The van der Waals surface area contributed by atoms with Crippen molar-refractivity contribution < 1.29 is 4.74 Å². The van der Waals surface area contributed by atoms with Crippen LogP contribution < -0.4 is 4.74 Å². The van der Waals surface area contributed by atoms with E-state index in [-0.39, 0.29) is 0 Å². The quantitative estimate of drug-likeness (QED) is 0.667. The van der Waals surface area contributed by atoms with Crippen LogP contribution in [0.25, 0.3) is 0 Å². The van der Waals surface area contributed by atoms with Crippen molar-refractivity contribution in [2.45, 2.75) is 19.8 Å². The van der Waals surface area contributed by atoms with Gasteiger partial charge in [-0.3, -0.25) is 5.10 Å². The van der Waals surface area contributed by atoms with E-state index in [1.165, 1.54) is 5.56 Å². The van der Waals surface area contributed by atoms with Gasteiger partial charge >= 0.3 is 0 Å². The van der Waals surface area contributed by atoms with Gasteiger partial charge in [-0.2, -0.15) is 5.10 Å². The summed E-state index contributed by atoms with van der Waals surface area (Å²) in [6, 6.07) is 6.07. The maximum absolute atomic E-state index is 5.74. The van der Waals surface area contributed by atoms with Crippen LogP contribution in [0.3, 0.4) is 0 Å². The Morgan fingerprint density at radius 1 is 1.47 bits per heavy atom. The second kappa shape index (κ2) is 6.34. The summed E-state index contributed by atoms with van der Waals surface area (Å²) in [6.45, 7) is 2.71. The number of aromatic amines is 1. The van der Waals surface area contributed by atoms with E-state index >= 15 is 0 Å². The number of benzene rings is 1. The van der Waals surface area contributed by atoms with Crippen LogP contribution in [0, 0.1) is 11.7 Å². The highest BCUT2D eigenvalue weighted by atomic mass is 79.9. The molecule has 2 rings (SSSR count). The summed E-state index contributed by atoms with van der Waals surface area (Å²) in [5.74, 6) is 1.83. The van der Waals surface area contributed by atoms with E-state index in [2.05, 4.69) is 33.1 Å². The van der Waals surface area contributed by atoms with Gasteiger partial charge in [-0.1, -0.05) is 6.07 Å². The van der Waals surface area contributed by atoms with Crippen molar-refractivity contribution in [3.05, 3.63) is 38.8 Å². The number of aromatic nitrogens is 3. The first kappa shape index (κ1) is 14.3. The van der Waals surface area contributed by atoms with Crippen molar-refractivity contribution in [2.24, 2.45) is 7.05 Å². The van der Waals surface area contributed by atoms with Gasteiger partial charge in [0.2, 0.25) is 0 Å². The number of nitrogens with one attached hydrogen (secondary N) is 1. The van der Waals surface area contributed by atoms with E-state index in [1.807, 2.05) is 29.8 Å². The second-order valence-corrected chi connectivity index (χ2v) is 5.63. The molecule has 1 aromatic carbocycles. The molecule has 0 radical (unpaired) electrons. The number of hydrogen-bond donors (Lipinski definition) is 1. The number of nitrogens with zero attached hydrogens (tertiary/aromatic N) is 2. The monoisotopic (exact) mass is 341 g/mol. The summed E-state index contributed by atoms with van der Waals surface area (Å²) in [4.78, 5) is 0. The van der Waals surface area contributed by atoms with Crippen LogP contribution >= 0.6 is 28.1 Å². The molecule has 0 atom stereocenters. The normalized spacial score (nSPS) is 10.7. The van der Waals surface area contributed by atoms with Crippen LogP contribution in [0.15, 0.2) is 22.7 Å². The van der Waals surface area contributed by atoms with E-state index in [1.54, 1.807) is 0 Å². The molecule has 0 unspecified atom stereocenters. The highest BCUT2D eigenvalue weighted by Gasteiger charge is 2.04. The third-order valence-corrected chi connectivity index (χ3v) is 3.85. The molecule has 6 heteroatoms. The topological polar surface area (TPSA) is 42.8 Å². The lowest BCUT2D eigenvalue weighted by Crippen LogP contribution is -2.04. The first-order valence-electron chi connectivity index (χ1n) is 6.07. The SMILES string of the molecule is Cc1ccc(OCCCc2n[nH]c(=S)n2C)c(Br)c1. The maximum Gasteiger partial charge on any atom is 0.194 e. The van der Waals surface area contributed by atoms with E-state index < -0.39 is 0 Å². The smallest absolute Gasteiger partial charge is 0.194 e. The highest BCUT2D eigenvalue weighted by Crippen LogP contribution is 2.25. The van der Waals surface area contributed by atoms with Crippen LogP contribution in [0.4, 0.5) is 0 Å². The minimum Gasteiger partial charge on any atom is -0.492 e. The summed E-state index contributed by atoms with van der Waals surface area (Å²) >= 11 is 8.57. The number of H-pyrrole nitrogens is 1. The number of aryl methyl sites for hydroxylation is 2. The lowest BCUT2D eigenvalue weighted by molar-refractivity contribution is 0.307. The minimum absolute atomic E-state index is 0.650. The molecule has 0 aliphatic heterocycles. The fourth-order valence-corrected chi connectivity index (χ4v) is 2.50. The van der Waals surface area contributed by atoms with Crippen LogP contribution in [-0.4, -0.2) is 21.4 Å².